The van der Waals surface area contributed by atoms with E-state index >= 15 is 0 Å². The van der Waals surface area contributed by atoms with E-state index in [1.54, 1.807) is 13.2 Å². The molecule has 2 aromatic rings. The molecule has 0 bridgehead atoms. The van der Waals surface area contributed by atoms with Crippen molar-refractivity contribution in [3.63, 3.8) is 0 Å². The average molecular weight is 287 g/mol. The molecular weight excluding hydrogens is 266 g/mol. The average Bonchev–Trinajstić information content (AvgIpc) is 2.49. The van der Waals surface area contributed by atoms with Crippen molar-refractivity contribution in [1.29, 1.82) is 0 Å². The first kappa shape index (κ1) is 15.3. The lowest BCUT2D eigenvalue weighted by Crippen LogP contribution is -2.29. The van der Waals surface area contributed by atoms with Gasteiger partial charge in [0.15, 0.2) is 0 Å². The maximum Gasteiger partial charge on any atom is 0.271 e. The van der Waals surface area contributed by atoms with Crippen molar-refractivity contribution < 1.29 is 4.74 Å². The molecule has 2 N–H and O–H groups in total. The van der Waals surface area contributed by atoms with Gasteiger partial charge in [-0.1, -0.05) is 13.8 Å². The van der Waals surface area contributed by atoms with E-state index in [-0.39, 0.29) is 12.1 Å². The van der Waals surface area contributed by atoms with Crippen molar-refractivity contribution in [2.45, 2.75) is 26.9 Å². The number of hydrogen-bond donors (Lipinski definition) is 1. The Morgan fingerprint density at radius 2 is 1.95 bits per heavy atom. The Bertz CT molecular complexity index is 660. The number of nitrogens with zero attached hydrogens (tertiary/aromatic N) is 2. The Kier molecular flexibility index (Phi) is 4.75. The Morgan fingerprint density at radius 3 is 2.48 bits per heavy atom. The van der Waals surface area contributed by atoms with Gasteiger partial charge in [-0.3, -0.25) is 4.79 Å². The highest BCUT2D eigenvalue weighted by atomic mass is 16.5. The highest BCUT2D eigenvalue weighted by molar-refractivity contribution is 5.60. The number of methoxy groups -OCH3 is 1. The van der Waals surface area contributed by atoms with Gasteiger partial charge in [0.05, 0.1) is 12.8 Å². The second-order valence-corrected chi connectivity index (χ2v) is 5.37. The van der Waals surface area contributed by atoms with Gasteiger partial charge in [0.25, 0.3) is 5.56 Å². The minimum atomic E-state index is -0.108. The summed E-state index contributed by atoms with van der Waals surface area (Å²) in [7, 11) is 1.63. The van der Waals surface area contributed by atoms with Crippen LogP contribution in [-0.2, 0) is 13.1 Å². The molecule has 0 aliphatic heterocycles. The Balaban J connectivity index is 2.49. The van der Waals surface area contributed by atoms with Gasteiger partial charge in [-0.2, -0.15) is 5.10 Å². The van der Waals surface area contributed by atoms with Crippen LogP contribution < -0.4 is 16.0 Å². The van der Waals surface area contributed by atoms with Gasteiger partial charge in [-0.25, -0.2) is 4.68 Å². The van der Waals surface area contributed by atoms with E-state index in [2.05, 4.69) is 18.9 Å². The van der Waals surface area contributed by atoms with Gasteiger partial charge in [0.2, 0.25) is 0 Å². The largest absolute Gasteiger partial charge is 0.497 e. The van der Waals surface area contributed by atoms with Crippen LogP contribution in [0.15, 0.2) is 35.1 Å². The molecule has 0 saturated heterocycles. The van der Waals surface area contributed by atoms with Crippen LogP contribution in [0.25, 0.3) is 11.3 Å². The summed E-state index contributed by atoms with van der Waals surface area (Å²) in [5, 5.41) is 4.45. The van der Waals surface area contributed by atoms with Crippen molar-refractivity contribution in [3.8, 4) is 17.0 Å². The first-order chi connectivity index (χ1) is 10.0. The van der Waals surface area contributed by atoms with Gasteiger partial charge in [-0.05, 0) is 36.2 Å². The Labute approximate surface area is 124 Å². The molecule has 0 atom stereocenters. The lowest BCUT2D eigenvalue weighted by molar-refractivity contribution is 0.415. The summed E-state index contributed by atoms with van der Waals surface area (Å²) in [5.41, 5.74) is 7.84. The smallest absolute Gasteiger partial charge is 0.271 e. The first-order valence-electron chi connectivity index (χ1n) is 7.00. The quantitative estimate of drug-likeness (QED) is 0.913. The molecule has 0 fully saturated rings. The minimum absolute atomic E-state index is 0.108. The molecule has 0 amide bonds. The van der Waals surface area contributed by atoms with E-state index in [9.17, 15) is 4.79 Å². The third-order valence-corrected chi connectivity index (χ3v) is 3.19. The van der Waals surface area contributed by atoms with Crippen molar-refractivity contribution >= 4 is 0 Å². The fraction of sp³-hybridized carbons (Fsp3) is 0.375. The summed E-state index contributed by atoms with van der Waals surface area (Å²) in [4.78, 5) is 12.2. The molecule has 0 aliphatic rings. The van der Waals surface area contributed by atoms with Crippen molar-refractivity contribution in [1.82, 2.24) is 9.78 Å². The zero-order chi connectivity index (χ0) is 15.4. The van der Waals surface area contributed by atoms with E-state index in [0.29, 0.717) is 18.0 Å². The molecule has 1 heterocycles. The summed E-state index contributed by atoms with van der Waals surface area (Å²) in [6.45, 7) is 4.89. The molecule has 5 nitrogen and oxygen atoms in total. The summed E-state index contributed by atoms with van der Waals surface area (Å²) in [6, 6.07) is 9.35. The van der Waals surface area contributed by atoms with Crippen LogP contribution in [0.3, 0.4) is 0 Å². The molecule has 1 aromatic heterocycles. The lowest BCUT2D eigenvalue weighted by Gasteiger charge is -2.12. The third kappa shape index (κ3) is 3.49. The molecule has 0 unspecified atom stereocenters. The Morgan fingerprint density at radius 1 is 1.29 bits per heavy atom. The van der Waals surface area contributed by atoms with Crippen molar-refractivity contribution in [2.75, 3.05) is 7.11 Å². The topological polar surface area (TPSA) is 70.1 Å². The first-order valence-corrected chi connectivity index (χ1v) is 7.00. The van der Waals surface area contributed by atoms with Crippen LogP contribution in [0.5, 0.6) is 5.75 Å². The van der Waals surface area contributed by atoms with Gasteiger partial charge in [0, 0.05) is 24.2 Å². The molecule has 0 spiro atoms. The molecule has 1 aromatic carbocycles. The number of hydrogen-bond acceptors (Lipinski definition) is 4. The van der Waals surface area contributed by atoms with Gasteiger partial charge in [-0.15, -0.1) is 0 Å². The fourth-order valence-corrected chi connectivity index (χ4v) is 2.12. The van der Waals surface area contributed by atoms with E-state index in [1.165, 1.54) is 4.68 Å². The molecule has 5 heteroatoms. The molecule has 0 aliphatic carbocycles. The predicted octanol–water partition coefficient (Wildman–Crippen LogP) is 2.03. The third-order valence-electron chi connectivity index (χ3n) is 3.19. The zero-order valence-electron chi connectivity index (χ0n) is 12.7. The lowest BCUT2D eigenvalue weighted by atomic mass is 10.1. The normalized spacial score (nSPS) is 10.9. The van der Waals surface area contributed by atoms with E-state index < -0.39 is 0 Å². The maximum absolute atomic E-state index is 12.2. The number of ether oxygens (including phenoxy) is 1. The molecule has 21 heavy (non-hydrogen) atoms. The SMILES string of the molecule is COc1ccc(-c2cc(CN)c(=O)n(CC(C)C)n2)cc1. The second kappa shape index (κ2) is 6.54. The number of nitrogens with two attached hydrogens (primary N) is 1. The molecule has 0 saturated carbocycles. The Hall–Kier alpha value is -2.14. The summed E-state index contributed by atoms with van der Waals surface area (Å²) < 4.78 is 6.66. The van der Waals surface area contributed by atoms with E-state index in [0.717, 1.165) is 17.0 Å². The maximum atomic E-state index is 12.2. The van der Waals surface area contributed by atoms with Gasteiger partial charge < -0.3 is 10.5 Å². The molecule has 0 radical (unpaired) electrons. The fourth-order valence-electron chi connectivity index (χ4n) is 2.12. The van der Waals surface area contributed by atoms with Crippen molar-refractivity contribution in [3.05, 3.63) is 46.2 Å². The van der Waals surface area contributed by atoms with Crippen molar-refractivity contribution in [2.24, 2.45) is 11.7 Å². The zero-order valence-corrected chi connectivity index (χ0v) is 12.7. The van der Waals surface area contributed by atoms with Crippen LogP contribution >= 0.6 is 0 Å². The number of benzene rings is 1. The van der Waals surface area contributed by atoms with E-state index in [1.807, 2.05) is 24.3 Å². The van der Waals surface area contributed by atoms with Gasteiger partial charge >= 0.3 is 0 Å². The van der Waals surface area contributed by atoms with Crippen LogP contribution in [0.2, 0.25) is 0 Å². The second-order valence-electron chi connectivity index (χ2n) is 5.37. The van der Waals surface area contributed by atoms with E-state index in [4.69, 9.17) is 10.5 Å². The number of rotatable bonds is 5. The monoisotopic (exact) mass is 287 g/mol. The number of aromatic nitrogens is 2. The van der Waals surface area contributed by atoms with Crippen LogP contribution in [0.4, 0.5) is 0 Å². The van der Waals surface area contributed by atoms with Crippen LogP contribution in [0, 0.1) is 5.92 Å². The standard InChI is InChI=1S/C16H21N3O2/c1-11(2)10-19-16(20)13(9-17)8-15(18-19)12-4-6-14(21-3)7-5-12/h4-8,11H,9-10,17H2,1-3H3. The van der Waals surface area contributed by atoms with Gasteiger partial charge in [0.1, 0.15) is 5.75 Å². The summed E-state index contributed by atoms with van der Waals surface area (Å²) in [6.07, 6.45) is 0. The molecule has 112 valence electrons. The van der Waals surface area contributed by atoms with Crippen LogP contribution in [-0.4, -0.2) is 16.9 Å². The highest BCUT2D eigenvalue weighted by Crippen LogP contribution is 2.20. The summed E-state index contributed by atoms with van der Waals surface area (Å²) in [5.74, 6) is 1.13. The highest BCUT2D eigenvalue weighted by Gasteiger charge is 2.10. The predicted molar refractivity (Wildman–Crippen MR) is 83.2 cm³/mol. The van der Waals surface area contributed by atoms with Crippen LogP contribution in [0.1, 0.15) is 19.4 Å². The molecular formula is C16H21N3O2. The minimum Gasteiger partial charge on any atom is -0.497 e. The summed E-state index contributed by atoms with van der Waals surface area (Å²) >= 11 is 0. The molecule has 2 rings (SSSR count).